The third kappa shape index (κ3) is 10.2. The van der Waals surface area contributed by atoms with E-state index in [1.807, 2.05) is 51.1 Å². The number of nitrogens with zero attached hydrogens (tertiary/aromatic N) is 2. The summed E-state index contributed by atoms with van der Waals surface area (Å²) < 4.78 is 26.4. The Morgan fingerprint density at radius 3 is 2.10 bits per heavy atom. The van der Waals surface area contributed by atoms with Crippen LogP contribution in [0.1, 0.15) is 44.7 Å². The molecular formula is C31H36Cl3N3O4S. The highest BCUT2D eigenvalue weighted by atomic mass is 35.5. The SMILES string of the molecule is CC(C)(C)NC(=O)[C@H](Cc1ccccc1)N(Cc1ccc(Cl)cc1Cl)C(=O)CCCN(c1ccc(Cl)cc1)S(C)(=O)=O. The summed E-state index contributed by atoms with van der Waals surface area (Å²) in [6.45, 7) is 5.77. The second-order valence-electron chi connectivity index (χ2n) is 11.1. The predicted octanol–water partition coefficient (Wildman–Crippen LogP) is 6.75. The van der Waals surface area contributed by atoms with E-state index in [1.54, 1.807) is 42.5 Å². The minimum Gasteiger partial charge on any atom is -0.350 e. The number of rotatable bonds is 12. The van der Waals surface area contributed by atoms with E-state index in [-0.39, 0.29) is 44.2 Å². The van der Waals surface area contributed by atoms with Gasteiger partial charge in [0.15, 0.2) is 0 Å². The van der Waals surface area contributed by atoms with Gasteiger partial charge in [-0.15, -0.1) is 0 Å². The minimum atomic E-state index is -3.63. The van der Waals surface area contributed by atoms with Crippen molar-refractivity contribution in [3.63, 3.8) is 0 Å². The maximum absolute atomic E-state index is 13.9. The van der Waals surface area contributed by atoms with Crippen LogP contribution in [-0.4, -0.2) is 49.5 Å². The van der Waals surface area contributed by atoms with Gasteiger partial charge in [-0.3, -0.25) is 13.9 Å². The molecule has 0 saturated heterocycles. The van der Waals surface area contributed by atoms with Crippen LogP contribution >= 0.6 is 34.8 Å². The number of nitrogens with one attached hydrogen (secondary N) is 1. The molecule has 0 aliphatic carbocycles. The number of carbonyl (C=O) groups is 2. The third-order valence-electron chi connectivity index (χ3n) is 6.39. The van der Waals surface area contributed by atoms with Crippen molar-refractivity contribution in [1.82, 2.24) is 10.2 Å². The standard InChI is InChI=1S/C31H36Cl3N3O4S/c1-31(2,3)35-30(39)28(19-22-9-6-5-7-10-22)36(21-23-12-13-25(33)20-27(23)34)29(38)11-8-18-37(42(4,40)41)26-16-14-24(32)15-17-26/h5-7,9-10,12-17,20,28H,8,11,18-19,21H2,1-4H3,(H,35,39)/t28-/m0/s1. The van der Waals surface area contributed by atoms with Gasteiger partial charge in [0.1, 0.15) is 6.04 Å². The highest BCUT2D eigenvalue weighted by molar-refractivity contribution is 7.92. The Kier molecular flexibility index (Phi) is 11.7. The molecule has 0 bridgehead atoms. The number of hydrogen-bond donors (Lipinski definition) is 1. The van der Waals surface area contributed by atoms with Crippen LogP contribution in [0.15, 0.2) is 72.8 Å². The molecule has 7 nitrogen and oxygen atoms in total. The fraction of sp³-hybridized carbons (Fsp3) is 0.355. The molecule has 0 aromatic heterocycles. The highest BCUT2D eigenvalue weighted by Gasteiger charge is 2.32. The van der Waals surface area contributed by atoms with Gasteiger partial charge in [-0.1, -0.05) is 71.2 Å². The van der Waals surface area contributed by atoms with Crippen molar-refractivity contribution in [2.45, 2.75) is 58.2 Å². The van der Waals surface area contributed by atoms with Gasteiger partial charge in [-0.2, -0.15) is 0 Å². The van der Waals surface area contributed by atoms with E-state index in [9.17, 15) is 18.0 Å². The fourth-order valence-electron chi connectivity index (χ4n) is 4.45. The van der Waals surface area contributed by atoms with Crippen LogP contribution in [0.2, 0.25) is 15.1 Å². The van der Waals surface area contributed by atoms with Crippen LogP contribution in [0.5, 0.6) is 0 Å². The molecule has 0 aliphatic heterocycles. The van der Waals surface area contributed by atoms with Gasteiger partial charge in [0, 0.05) is 46.5 Å². The lowest BCUT2D eigenvalue weighted by atomic mass is 10.00. The van der Waals surface area contributed by atoms with Crippen LogP contribution in [0.4, 0.5) is 5.69 Å². The van der Waals surface area contributed by atoms with Crippen molar-refractivity contribution in [1.29, 1.82) is 0 Å². The lowest BCUT2D eigenvalue weighted by molar-refractivity contribution is -0.142. The maximum Gasteiger partial charge on any atom is 0.243 e. The number of amides is 2. The smallest absolute Gasteiger partial charge is 0.243 e. The van der Waals surface area contributed by atoms with Crippen molar-refractivity contribution in [3.8, 4) is 0 Å². The van der Waals surface area contributed by atoms with Gasteiger partial charge in [0.2, 0.25) is 21.8 Å². The Morgan fingerprint density at radius 1 is 0.905 bits per heavy atom. The van der Waals surface area contributed by atoms with Crippen molar-refractivity contribution in [3.05, 3.63) is 99.0 Å². The molecule has 3 rings (SSSR count). The van der Waals surface area contributed by atoms with E-state index < -0.39 is 21.6 Å². The number of anilines is 1. The van der Waals surface area contributed by atoms with Crippen LogP contribution in [0.25, 0.3) is 0 Å². The molecule has 3 aromatic rings. The average molecular weight is 653 g/mol. The first kappa shape index (κ1) is 33.7. The fourth-order valence-corrected chi connectivity index (χ4v) is 6.01. The maximum atomic E-state index is 13.9. The highest BCUT2D eigenvalue weighted by Crippen LogP contribution is 2.26. The quantitative estimate of drug-likeness (QED) is 0.235. The molecule has 0 saturated carbocycles. The number of hydrogen-bond acceptors (Lipinski definition) is 4. The normalized spacial score (nSPS) is 12.5. The largest absolute Gasteiger partial charge is 0.350 e. The Hall–Kier alpha value is -2.78. The molecule has 3 aromatic carbocycles. The zero-order valence-corrected chi connectivity index (χ0v) is 27.2. The summed E-state index contributed by atoms with van der Waals surface area (Å²) in [5.74, 6) is -0.612. The molecule has 11 heteroatoms. The van der Waals surface area contributed by atoms with Crippen LogP contribution < -0.4 is 9.62 Å². The Labute approximate surface area is 263 Å². The number of benzene rings is 3. The summed E-state index contributed by atoms with van der Waals surface area (Å²) in [5.41, 5.74) is 1.44. The van der Waals surface area contributed by atoms with Crippen molar-refractivity contribution >= 4 is 62.3 Å². The van der Waals surface area contributed by atoms with Crippen LogP contribution in [-0.2, 0) is 32.6 Å². The molecule has 1 atom stereocenters. The van der Waals surface area contributed by atoms with Crippen molar-refractivity contribution in [2.75, 3.05) is 17.1 Å². The molecule has 226 valence electrons. The van der Waals surface area contributed by atoms with Gasteiger partial charge >= 0.3 is 0 Å². The molecular weight excluding hydrogens is 617 g/mol. The molecule has 0 spiro atoms. The third-order valence-corrected chi connectivity index (χ3v) is 8.42. The molecule has 0 heterocycles. The predicted molar refractivity (Wildman–Crippen MR) is 172 cm³/mol. The van der Waals surface area contributed by atoms with E-state index in [2.05, 4.69) is 5.32 Å². The van der Waals surface area contributed by atoms with E-state index >= 15 is 0 Å². The lowest BCUT2D eigenvalue weighted by Crippen LogP contribution is -2.54. The molecule has 0 unspecified atom stereocenters. The molecule has 2 amide bonds. The van der Waals surface area contributed by atoms with Gasteiger partial charge in [-0.05, 0) is 74.7 Å². The molecule has 0 radical (unpaired) electrons. The number of carbonyl (C=O) groups excluding carboxylic acids is 2. The summed E-state index contributed by atoms with van der Waals surface area (Å²) in [5, 5.41) is 4.33. The lowest BCUT2D eigenvalue weighted by Gasteiger charge is -2.34. The Bertz CT molecular complexity index is 1480. The number of halogens is 3. The first-order valence-electron chi connectivity index (χ1n) is 13.5. The van der Waals surface area contributed by atoms with Crippen LogP contribution in [0.3, 0.4) is 0 Å². The Balaban J connectivity index is 1.93. The molecule has 42 heavy (non-hydrogen) atoms. The van der Waals surface area contributed by atoms with Crippen molar-refractivity contribution < 1.29 is 18.0 Å². The van der Waals surface area contributed by atoms with Gasteiger partial charge < -0.3 is 10.2 Å². The van der Waals surface area contributed by atoms with Gasteiger partial charge in [0.25, 0.3) is 0 Å². The van der Waals surface area contributed by atoms with Gasteiger partial charge in [-0.25, -0.2) is 8.42 Å². The van der Waals surface area contributed by atoms with E-state index in [0.29, 0.717) is 26.3 Å². The second kappa shape index (κ2) is 14.6. The van der Waals surface area contributed by atoms with Crippen molar-refractivity contribution in [2.24, 2.45) is 0 Å². The summed E-state index contributed by atoms with van der Waals surface area (Å²) in [4.78, 5) is 29.2. The zero-order valence-electron chi connectivity index (χ0n) is 24.1. The zero-order chi connectivity index (χ0) is 31.1. The monoisotopic (exact) mass is 651 g/mol. The second-order valence-corrected chi connectivity index (χ2v) is 14.3. The molecule has 0 aliphatic rings. The molecule has 0 fully saturated rings. The van der Waals surface area contributed by atoms with E-state index in [0.717, 1.165) is 11.8 Å². The minimum absolute atomic E-state index is 0.00109. The average Bonchev–Trinajstić information content (AvgIpc) is 2.89. The summed E-state index contributed by atoms with van der Waals surface area (Å²) in [6.07, 6.45) is 1.61. The Morgan fingerprint density at radius 2 is 1.52 bits per heavy atom. The summed E-state index contributed by atoms with van der Waals surface area (Å²) in [7, 11) is -3.63. The summed E-state index contributed by atoms with van der Waals surface area (Å²) in [6, 6.07) is 20.1. The first-order chi connectivity index (χ1) is 19.6. The number of sulfonamides is 1. The van der Waals surface area contributed by atoms with E-state index in [1.165, 1.54) is 9.21 Å². The van der Waals surface area contributed by atoms with Crippen LogP contribution in [0, 0.1) is 0 Å². The topological polar surface area (TPSA) is 86.8 Å². The van der Waals surface area contributed by atoms with E-state index in [4.69, 9.17) is 34.8 Å². The molecule has 1 N–H and O–H groups in total. The summed E-state index contributed by atoms with van der Waals surface area (Å²) >= 11 is 18.6. The first-order valence-corrected chi connectivity index (χ1v) is 16.4. The van der Waals surface area contributed by atoms with Gasteiger partial charge in [0.05, 0.1) is 11.9 Å².